The highest BCUT2D eigenvalue weighted by atomic mass is 127. The number of rotatable bonds is 5. The van der Waals surface area contributed by atoms with Crippen molar-refractivity contribution >= 4 is 28.4 Å². The molecule has 0 unspecified atom stereocenters. The second-order valence-electron chi connectivity index (χ2n) is 5.81. The van der Waals surface area contributed by atoms with E-state index in [1.165, 1.54) is 0 Å². The number of nitrogens with one attached hydrogen (secondary N) is 1. The Labute approximate surface area is 139 Å². The van der Waals surface area contributed by atoms with Gasteiger partial charge in [-0.1, -0.05) is 13.8 Å². The van der Waals surface area contributed by atoms with Crippen molar-refractivity contribution in [1.82, 2.24) is 19.7 Å². The van der Waals surface area contributed by atoms with E-state index in [2.05, 4.69) is 65.7 Å². The van der Waals surface area contributed by atoms with Gasteiger partial charge >= 0.3 is 0 Å². The van der Waals surface area contributed by atoms with Gasteiger partial charge in [0.1, 0.15) is 5.82 Å². The zero-order chi connectivity index (χ0) is 15.6. The van der Waals surface area contributed by atoms with Crippen molar-refractivity contribution in [2.75, 3.05) is 12.4 Å². The fraction of sp³-hybridized carbons (Fsp3) is 0.533. The molecule has 114 valence electrons. The van der Waals surface area contributed by atoms with Gasteiger partial charge in [0.25, 0.3) is 0 Å². The predicted molar refractivity (Wildman–Crippen MR) is 94.4 cm³/mol. The minimum Gasteiger partial charge on any atom is -0.372 e. The Morgan fingerprint density at radius 2 is 1.95 bits per heavy atom. The van der Waals surface area contributed by atoms with E-state index in [1.54, 1.807) is 0 Å². The third kappa shape index (κ3) is 3.72. The lowest BCUT2D eigenvalue weighted by atomic mass is 10.1. The lowest BCUT2D eigenvalue weighted by Crippen LogP contribution is -2.07. The number of hydrogen-bond acceptors (Lipinski definition) is 4. The Bertz CT molecular complexity index is 619. The van der Waals surface area contributed by atoms with Crippen LogP contribution in [-0.4, -0.2) is 26.8 Å². The van der Waals surface area contributed by atoms with E-state index in [-0.39, 0.29) is 0 Å². The Kier molecular flexibility index (Phi) is 5.18. The van der Waals surface area contributed by atoms with Crippen LogP contribution >= 0.6 is 22.6 Å². The van der Waals surface area contributed by atoms with Gasteiger partial charge in [0, 0.05) is 19.3 Å². The second kappa shape index (κ2) is 6.72. The molecular weight excluding hydrogens is 377 g/mol. The molecule has 2 heterocycles. The summed E-state index contributed by atoms with van der Waals surface area (Å²) in [6, 6.07) is 0.335. The Balaban J connectivity index is 2.47. The highest BCUT2D eigenvalue weighted by Gasteiger charge is 2.15. The summed E-state index contributed by atoms with van der Waals surface area (Å²) < 4.78 is 3.03. The van der Waals surface area contributed by atoms with Gasteiger partial charge in [-0.2, -0.15) is 5.10 Å². The molecule has 0 spiro atoms. The molecule has 0 saturated heterocycles. The maximum Gasteiger partial charge on any atom is 0.165 e. The molecule has 6 heteroatoms. The molecule has 0 amide bonds. The second-order valence-corrected chi connectivity index (χ2v) is 6.89. The Hall–Kier alpha value is -1.18. The molecule has 0 aliphatic heterocycles. The van der Waals surface area contributed by atoms with Crippen LogP contribution in [0.3, 0.4) is 0 Å². The van der Waals surface area contributed by atoms with Crippen LogP contribution in [0.25, 0.3) is 11.4 Å². The topological polar surface area (TPSA) is 55.6 Å². The van der Waals surface area contributed by atoms with Crippen molar-refractivity contribution in [3.8, 4) is 11.4 Å². The van der Waals surface area contributed by atoms with Crippen molar-refractivity contribution in [2.24, 2.45) is 5.92 Å². The molecule has 0 aromatic carbocycles. The monoisotopic (exact) mass is 399 g/mol. The SMILES string of the molecule is CNc1nc(-c2cnn(C(C)C)c2)nc(CC(C)C)c1I. The van der Waals surface area contributed by atoms with E-state index in [9.17, 15) is 0 Å². The maximum absolute atomic E-state index is 4.75. The quantitative estimate of drug-likeness (QED) is 0.778. The third-order valence-corrected chi connectivity index (χ3v) is 4.28. The summed E-state index contributed by atoms with van der Waals surface area (Å²) in [5, 5.41) is 7.54. The van der Waals surface area contributed by atoms with Gasteiger partial charge in [-0.3, -0.25) is 4.68 Å². The molecule has 2 aromatic rings. The van der Waals surface area contributed by atoms with E-state index in [4.69, 9.17) is 4.98 Å². The summed E-state index contributed by atoms with van der Waals surface area (Å²) in [6.45, 7) is 8.62. The minimum atomic E-state index is 0.335. The fourth-order valence-electron chi connectivity index (χ4n) is 2.05. The van der Waals surface area contributed by atoms with Crippen LogP contribution in [0.5, 0.6) is 0 Å². The highest BCUT2D eigenvalue weighted by Crippen LogP contribution is 2.25. The molecule has 5 nitrogen and oxygen atoms in total. The van der Waals surface area contributed by atoms with Gasteiger partial charge in [0.2, 0.25) is 0 Å². The van der Waals surface area contributed by atoms with Gasteiger partial charge in [0.05, 0.1) is 21.0 Å². The average Bonchev–Trinajstić information content (AvgIpc) is 2.90. The fourth-order valence-corrected chi connectivity index (χ4v) is 2.78. The lowest BCUT2D eigenvalue weighted by Gasteiger charge is -2.12. The molecule has 1 N–H and O–H groups in total. The van der Waals surface area contributed by atoms with Crippen molar-refractivity contribution in [1.29, 1.82) is 0 Å². The first-order valence-corrected chi connectivity index (χ1v) is 8.29. The summed E-state index contributed by atoms with van der Waals surface area (Å²) in [6.07, 6.45) is 4.78. The first-order chi connectivity index (χ1) is 9.92. The lowest BCUT2D eigenvalue weighted by molar-refractivity contribution is 0.532. The molecule has 0 atom stereocenters. The number of nitrogens with zero attached hydrogens (tertiary/aromatic N) is 4. The average molecular weight is 399 g/mol. The Morgan fingerprint density at radius 3 is 2.48 bits per heavy atom. The molecule has 0 bridgehead atoms. The standard InChI is InChI=1S/C15H22IN5/c1-9(2)6-12-13(16)15(17-5)20-14(19-12)11-7-18-21(8-11)10(3)4/h7-10H,6H2,1-5H3,(H,17,19,20). The zero-order valence-corrected chi connectivity index (χ0v) is 15.3. The minimum absolute atomic E-state index is 0.335. The third-order valence-electron chi connectivity index (χ3n) is 3.15. The summed E-state index contributed by atoms with van der Waals surface area (Å²) in [5.41, 5.74) is 2.05. The largest absolute Gasteiger partial charge is 0.372 e. The smallest absolute Gasteiger partial charge is 0.165 e. The summed E-state index contributed by atoms with van der Waals surface area (Å²) in [7, 11) is 1.89. The molecule has 21 heavy (non-hydrogen) atoms. The number of hydrogen-bond donors (Lipinski definition) is 1. The van der Waals surface area contributed by atoms with E-state index in [0.717, 1.165) is 32.9 Å². The van der Waals surface area contributed by atoms with Gasteiger partial charge in [-0.25, -0.2) is 9.97 Å². The van der Waals surface area contributed by atoms with E-state index < -0.39 is 0 Å². The first kappa shape index (κ1) is 16.2. The van der Waals surface area contributed by atoms with Crippen LogP contribution < -0.4 is 5.32 Å². The van der Waals surface area contributed by atoms with Crippen LogP contribution in [0.15, 0.2) is 12.4 Å². The molecular formula is C15H22IN5. The first-order valence-electron chi connectivity index (χ1n) is 7.21. The van der Waals surface area contributed by atoms with Gasteiger partial charge in [-0.05, 0) is 48.8 Å². The highest BCUT2D eigenvalue weighted by molar-refractivity contribution is 14.1. The van der Waals surface area contributed by atoms with Crippen molar-refractivity contribution < 1.29 is 0 Å². The van der Waals surface area contributed by atoms with Crippen LogP contribution in [0.1, 0.15) is 39.4 Å². The van der Waals surface area contributed by atoms with Crippen LogP contribution in [-0.2, 0) is 6.42 Å². The number of aromatic nitrogens is 4. The van der Waals surface area contributed by atoms with E-state index in [1.807, 2.05) is 24.1 Å². The zero-order valence-electron chi connectivity index (χ0n) is 13.2. The summed E-state index contributed by atoms with van der Waals surface area (Å²) >= 11 is 2.32. The van der Waals surface area contributed by atoms with Crippen molar-refractivity contribution in [3.63, 3.8) is 0 Å². The normalized spacial score (nSPS) is 11.4. The maximum atomic E-state index is 4.75. The predicted octanol–water partition coefficient (Wildman–Crippen LogP) is 3.77. The number of halogens is 1. The molecule has 2 rings (SSSR count). The van der Waals surface area contributed by atoms with Crippen LogP contribution in [0.2, 0.25) is 0 Å². The molecule has 0 fully saturated rings. The number of anilines is 1. The molecule has 2 aromatic heterocycles. The van der Waals surface area contributed by atoms with Crippen LogP contribution in [0, 0.1) is 9.49 Å². The molecule has 0 saturated carbocycles. The molecule has 0 aliphatic rings. The summed E-state index contributed by atoms with van der Waals surface area (Å²) in [4.78, 5) is 9.37. The van der Waals surface area contributed by atoms with E-state index in [0.29, 0.717) is 12.0 Å². The van der Waals surface area contributed by atoms with Crippen molar-refractivity contribution in [2.45, 2.75) is 40.2 Å². The van der Waals surface area contributed by atoms with Crippen LogP contribution in [0.4, 0.5) is 5.82 Å². The summed E-state index contributed by atoms with van der Waals surface area (Å²) in [5.74, 6) is 2.18. The van der Waals surface area contributed by atoms with Gasteiger partial charge in [0.15, 0.2) is 5.82 Å². The Morgan fingerprint density at radius 1 is 1.24 bits per heavy atom. The molecule has 0 radical (unpaired) electrons. The van der Waals surface area contributed by atoms with Crippen molar-refractivity contribution in [3.05, 3.63) is 21.7 Å². The van der Waals surface area contributed by atoms with E-state index >= 15 is 0 Å². The van der Waals surface area contributed by atoms with Gasteiger partial charge in [-0.15, -0.1) is 0 Å². The molecule has 0 aliphatic carbocycles. The van der Waals surface area contributed by atoms with Gasteiger partial charge < -0.3 is 5.32 Å².